The third-order valence-electron chi connectivity index (χ3n) is 2.21. The summed E-state index contributed by atoms with van der Waals surface area (Å²) in [5, 5.41) is 9.61. The van der Waals surface area contributed by atoms with Gasteiger partial charge in [0.15, 0.2) is 0 Å². The zero-order valence-electron chi connectivity index (χ0n) is 8.45. The molecule has 1 aromatic rings. The molecule has 0 aliphatic carbocycles. The van der Waals surface area contributed by atoms with E-state index in [9.17, 15) is 5.11 Å². The van der Waals surface area contributed by atoms with Crippen LogP contribution in [-0.2, 0) is 5.54 Å². The minimum absolute atomic E-state index is 0.149. The summed E-state index contributed by atoms with van der Waals surface area (Å²) in [7, 11) is 1.57. The molecule has 0 aliphatic heterocycles. The highest BCUT2D eigenvalue weighted by Gasteiger charge is 2.21. The fourth-order valence-corrected chi connectivity index (χ4v) is 1.18. The van der Waals surface area contributed by atoms with E-state index in [1.54, 1.807) is 38.3 Å². The lowest BCUT2D eigenvalue weighted by atomic mass is 9.92. The molecule has 0 spiro atoms. The van der Waals surface area contributed by atoms with Crippen molar-refractivity contribution in [3.8, 4) is 11.5 Å². The number of rotatable bonds is 3. The summed E-state index contributed by atoms with van der Waals surface area (Å²) in [4.78, 5) is 0. The highest BCUT2D eigenvalue weighted by molar-refractivity contribution is 5.45. The van der Waals surface area contributed by atoms with Gasteiger partial charge in [0.05, 0.1) is 12.6 Å². The van der Waals surface area contributed by atoms with Crippen LogP contribution < -0.4 is 10.5 Å². The fourth-order valence-electron chi connectivity index (χ4n) is 1.18. The monoisotopic (exact) mass is 193 g/mol. The molecule has 1 atom stereocenters. The van der Waals surface area contributed by atoms with Gasteiger partial charge in [-0.3, -0.25) is 0 Å². The first-order chi connectivity index (χ1) is 6.51. The van der Waals surface area contributed by atoms with Crippen molar-refractivity contribution in [2.24, 2.45) is 5.73 Å². The Kier molecular flexibility index (Phi) is 2.81. The van der Waals surface area contributed by atoms with Crippen LogP contribution in [-0.4, -0.2) is 12.2 Å². The van der Waals surface area contributed by atoms with Crippen LogP contribution in [0.15, 0.2) is 30.9 Å². The number of ether oxygens (including phenoxy) is 1. The van der Waals surface area contributed by atoms with Crippen LogP contribution >= 0.6 is 0 Å². The van der Waals surface area contributed by atoms with Crippen molar-refractivity contribution >= 4 is 0 Å². The maximum Gasteiger partial charge on any atom is 0.121 e. The van der Waals surface area contributed by atoms with E-state index in [0.717, 1.165) is 0 Å². The SMILES string of the molecule is C=C[C@@](C)(N)c1cc(OC)ccc1O. The number of phenolic OH excluding ortho intramolecular Hbond substituents is 1. The van der Waals surface area contributed by atoms with Gasteiger partial charge in [-0.15, -0.1) is 6.58 Å². The standard InChI is InChI=1S/C11H15NO2/c1-4-11(2,12)9-7-8(14-3)5-6-10(9)13/h4-7,13H,1,12H2,2-3H3/t11-/m1/s1. The highest BCUT2D eigenvalue weighted by Crippen LogP contribution is 2.31. The first-order valence-electron chi connectivity index (χ1n) is 4.31. The van der Waals surface area contributed by atoms with Crippen molar-refractivity contribution in [2.45, 2.75) is 12.5 Å². The molecule has 3 N–H and O–H groups in total. The Morgan fingerprint density at radius 2 is 2.21 bits per heavy atom. The van der Waals surface area contributed by atoms with Gasteiger partial charge in [0.25, 0.3) is 0 Å². The van der Waals surface area contributed by atoms with Gasteiger partial charge in [-0.1, -0.05) is 6.08 Å². The van der Waals surface area contributed by atoms with Crippen LogP contribution in [0, 0.1) is 0 Å². The molecule has 1 aromatic carbocycles. The van der Waals surface area contributed by atoms with Crippen LogP contribution in [0.3, 0.4) is 0 Å². The van der Waals surface area contributed by atoms with Crippen molar-refractivity contribution in [1.29, 1.82) is 0 Å². The molecule has 14 heavy (non-hydrogen) atoms. The second-order valence-electron chi connectivity index (χ2n) is 3.37. The van der Waals surface area contributed by atoms with Gasteiger partial charge in [-0.2, -0.15) is 0 Å². The maximum atomic E-state index is 9.61. The Morgan fingerprint density at radius 3 is 2.71 bits per heavy atom. The molecule has 0 fully saturated rings. The summed E-state index contributed by atoms with van der Waals surface area (Å²) in [6.45, 7) is 5.40. The van der Waals surface area contributed by atoms with E-state index in [4.69, 9.17) is 10.5 Å². The van der Waals surface area contributed by atoms with E-state index in [1.165, 1.54) is 0 Å². The Balaban J connectivity index is 3.25. The van der Waals surface area contributed by atoms with E-state index in [2.05, 4.69) is 6.58 Å². The number of nitrogens with two attached hydrogens (primary N) is 1. The Hall–Kier alpha value is -1.48. The first-order valence-corrected chi connectivity index (χ1v) is 4.31. The fraction of sp³-hybridized carbons (Fsp3) is 0.273. The third-order valence-corrected chi connectivity index (χ3v) is 2.21. The number of hydrogen-bond acceptors (Lipinski definition) is 3. The summed E-state index contributed by atoms with van der Waals surface area (Å²) >= 11 is 0. The predicted octanol–water partition coefficient (Wildman–Crippen LogP) is 1.76. The molecule has 76 valence electrons. The molecule has 3 nitrogen and oxygen atoms in total. The molecule has 0 amide bonds. The summed E-state index contributed by atoms with van der Waals surface area (Å²) < 4.78 is 5.05. The number of phenols is 1. The molecule has 0 saturated heterocycles. The topological polar surface area (TPSA) is 55.5 Å². The Labute approximate surface area is 83.8 Å². The van der Waals surface area contributed by atoms with E-state index < -0.39 is 5.54 Å². The predicted molar refractivity (Wildman–Crippen MR) is 56.4 cm³/mol. The molecule has 1 rings (SSSR count). The van der Waals surface area contributed by atoms with Crippen molar-refractivity contribution < 1.29 is 9.84 Å². The average molecular weight is 193 g/mol. The van der Waals surface area contributed by atoms with Crippen LogP contribution in [0.5, 0.6) is 11.5 Å². The zero-order chi connectivity index (χ0) is 10.8. The largest absolute Gasteiger partial charge is 0.508 e. The van der Waals surface area contributed by atoms with Gasteiger partial charge >= 0.3 is 0 Å². The van der Waals surface area contributed by atoms with Gasteiger partial charge in [0.2, 0.25) is 0 Å². The first kappa shape index (κ1) is 10.6. The molecule has 3 heteroatoms. The van der Waals surface area contributed by atoms with Crippen molar-refractivity contribution in [3.63, 3.8) is 0 Å². The van der Waals surface area contributed by atoms with E-state index in [1.807, 2.05) is 0 Å². The molecule has 0 aliphatic rings. The van der Waals surface area contributed by atoms with Crippen LogP contribution in [0.25, 0.3) is 0 Å². The van der Waals surface area contributed by atoms with E-state index in [-0.39, 0.29) is 5.75 Å². The number of methoxy groups -OCH3 is 1. The minimum atomic E-state index is -0.751. The smallest absolute Gasteiger partial charge is 0.121 e. The lowest BCUT2D eigenvalue weighted by Crippen LogP contribution is -2.30. The van der Waals surface area contributed by atoms with E-state index in [0.29, 0.717) is 11.3 Å². The molecule has 0 radical (unpaired) electrons. The van der Waals surface area contributed by atoms with Gasteiger partial charge in [-0.05, 0) is 25.1 Å². The van der Waals surface area contributed by atoms with Gasteiger partial charge < -0.3 is 15.6 Å². The van der Waals surface area contributed by atoms with Crippen LogP contribution in [0.2, 0.25) is 0 Å². The molecule has 0 aromatic heterocycles. The summed E-state index contributed by atoms with van der Waals surface area (Å²) in [5.74, 6) is 0.812. The minimum Gasteiger partial charge on any atom is -0.508 e. The molecular formula is C11H15NO2. The number of hydrogen-bond donors (Lipinski definition) is 2. The summed E-state index contributed by atoms with van der Waals surface area (Å²) in [6.07, 6.45) is 1.58. The second kappa shape index (κ2) is 3.72. The van der Waals surface area contributed by atoms with Crippen LogP contribution in [0.1, 0.15) is 12.5 Å². The van der Waals surface area contributed by atoms with Gasteiger partial charge in [0.1, 0.15) is 11.5 Å². The normalized spacial score (nSPS) is 14.5. The van der Waals surface area contributed by atoms with Crippen molar-refractivity contribution in [1.82, 2.24) is 0 Å². The molecule has 0 bridgehead atoms. The highest BCUT2D eigenvalue weighted by atomic mass is 16.5. The van der Waals surface area contributed by atoms with E-state index >= 15 is 0 Å². The van der Waals surface area contributed by atoms with Crippen molar-refractivity contribution in [2.75, 3.05) is 7.11 Å². The van der Waals surface area contributed by atoms with Crippen molar-refractivity contribution in [3.05, 3.63) is 36.4 Å². The quantitative estimate of drug-likeness (QED) is 0.719. The molecule has 0 saturated carbocycles. The summed E-state index contributed by atoms with van der Waals surface area (Å²) in [6, 6.07) is 4.94. The lowest BCUT2D eigenvalue weighted by molar-refractivity contribution is 0.407. The summed E-state index contributed by atoms with van der Waals surface area (Å²) in [5.41, 5.74) is 5.78. The molecule has 0 heterocycles. The second-order valence-corrected chi connectivity index (χ2v) is 3.37. The zero-order valence-corrected chi connectivity index (χ0v) is 8.45. The number of aromatic hydroxyl groups is 1. The Bertz CT molecular complexity index is 345. The number of benzene rings is 1. The lowest BCUT2D eigenvalue weighted by Gasteiger charge is -2.22. The molecule has 0 unspecified atom stereocenters. The molecular weight excluding hydrogens is 178 g/mol. The van der Waals surface area contributed by atoms with Gasteiger partial charge in [0, 0.05) is 5.56 Å². The average Bonchev–Trinajstić information content (AvgIpc) is 2.18. The Morgan fingerprint density at radius 1 is 1.57 bits per heavy atom. The third kappa shape index (κ3) is 1.88. The van der Waals surface area contributed by atoms with Crippen LogP contribution in [0.4, 0.5) is 0 Å². The van der Waals surface area contributed by atoms with Gasteiger partial charge in [-0.25, -0.2) is 0 Å². The maximum absolute atomic E-state index is 9.61.